The Balaban J connectivity index is 1.39. The Bertz CT molecular complexity index is 1220. The minimum Gasteiger partial charge on any atom is -0.507 e. The third-order valence-electron chi connectivity index (χ3n) is 6.05. The number of amides is 3. The van der Waals surface area contributed by atoms with Gasteiger partial charge in [0.05, 0.1) is 43.8 Å². The van der Waals surface area contributed by atoms with Gasteiger partial charge >= 0.3 is 6.09 Å². The van der Waals surface area contributed by atoms with Crippen molar-refractivity contribution in [1.82, 2.24) is 10.4 Å². The molecule has 1 unspecified atom stereocenters. The van der Waals surface area contributed by atoms with Crippen LogP contribution >= 0.6 is 0 Å². The molecule has 2 aliphatic heterocycles. The van der Waals surface area contributed by atoms with Crippen LogP contribution in [0, 0.1) is 5.82 Å². The zero-order valence-corrected chi connectivity index (χ0v) is 20.3. The monoisotopic (exact) mass is 514 g/mol. The maximum Gasteiger partial charge on any atom is 0.416 e. The molecule has 2 aromatic rings. The minimum absolute atomic E-state index is 0.00909. The number of phenolic OH excluding ortho intramolecular Hbond substituents is 1. The number of morpholine rings is 1. The fourth-order valence-electron chi connectivity index (χ4n) is 4.00. The molecule has 2 N–H and O–H groups in total. The number of likely N-dealkylation sites (N-methyl/N-ethyl adjacent to an activating group) is 1. The fraction of sp³-hybridized carbons (Fsp3) is 0.320. The summed E-state index contributed by atoms with van der Waals surface area (Å²) in [6, 6.07) is 8.79. The van der Waals surface area contributed by atoms with Crippen LogP contribution in [0.1, 0.15) is 15.9 Å². The molecule has 2 aromatic carbocycles. The number of nitrogens with zero attached hydrogens (tertiary/aromatic N) is 3. The standard InChI is InChI=1S/C25H27FN4O7/c1-28(22(32)8-4-16-3-6-18(21(31)13-16)24(33)27-35-2)23-15-30(25(34)37-23)17-5-7-20(19(26)14-17)29-9-11-36-12-10-29/h3-8,13-14,23,31H,9-12,15H2,1-2H3,(H,27,33). The summed E-state index contributed by atoms with van der Waals surface area (Å²) in [4.78, 5) is 45.9. The van der Waals surface area contributed by atoms with Crippen LogP contribution < -0.4 is 15.3 Å². The summed E-state index contributed by atoms with van der Waals surface area (Å²) in [5, 5.41) is 10.1. The second kappa shape index (κ2) is 11.3. The van der Waals surface area contributed by atoms with E-state index in [9.17, 15) is 23.9 Å². The van der Waals surface area contributed by atoms with E-state index in [2.05, 4.69) is 10.3 Å². The van der Waals surface area contributed by atoms with E-state index in [1.165, 1.54) is 54.3 Å². The van der Waals surface area contributed by atoms with Crippen molar-refractivity contribution in [2.24, 2.45) is 0 Å². The van der Waals surface area contributed by atoms with Crippen LogP contribution in [0.3, 0.4) is 0 Å². The largest absolute Gasteiger partial charge is 0.507 e. The molecule has 0 aromatic heterocycles. The highest BCUT2D eigenvalue weighted by Crippen LogP contribution is 2.29. The molecule has 2 aliphatic rings. The second-order valence-electron chi connectivity index (χ2n) is 8.38. The highest BCUT2D eigenvalue weighted by atomic mass is 19.1. The Morgan fingerprint density at radius 2 is 1.97 bits per heavy atom. The Morgan fingerprint density at radius 1 is 1.22 bits per heavy atom. The predicted octanol–water partition coefficient (Wildman–Crippen LogP) is 2.11. The van der Waals surface area contributed by atoms with Gasteiger partial charge in [-0.3, -0.25) is 19.3 Å². The zero-order chi connectivity index (χ0) is 26.5. The number of hydrogen-bond donors (Lipinski definition) is 2. The summed E-state index contributed by atoms with van der Waals surface area (Å²) >= 11 is 0. The van der Waals surface area contributed by atoms with Crippen LogP contribution in [0.2, 0.25) is 0 Å². The van der Waals surface area contributed by atoms with Gasteiger partial charge in [-0.2, -0.15) is 0 Å². The van der Waals surface area contributed by atoms with Gasteiger partial charge in [-0.15, -0.1) is 0 Å². The Kier molecular flexibility index (Phi) is 7.89. The van der Waals surface area contributed by atoms with Crippen molar-refractivity contribution in [3.05, 3.63) is 59.4 Å². The lowest BCUT2D eigenvalue weighted by atomic mass is 10.1. The number of rotatable bonds is 7. The van der Waals surface area contributed by atoms with Gasteiger partial charge in [0.1, 0.15) is 11.6 Å². The van der Waals surface area contributed by atoms with Crippen molar-refractivity contribution in [2.45, 2.75) is 6.23 Å². The lowest BCUT2D eigenvalue weighted by Gasteiger charge is -2.29. The normalized spacial score (nSPS) is 17.7. The summed E-state index contributed by atoms with van der Waals surface area (Å²) in [5.74, 6) is -1.83. The summed E-state index contributed by atoms with van der Waals surface area (Å²) in [6.45, 7) is 2.23. The van der Waals surface area contributed by atoms with E-state index in [4.69, 9.17) is 9.47 Å². The van der Waals surface area contributed by atoms with Gasteiger partial charge in [0.15, 0.2) is 6.23 Å². The Morgan fingerprint density at radius 3 is 2.65 bits per heavy atom. The highest BCUT2D eigenvalue weighted by molar-refractivity contribution is 5.97. The van der Waals surface area contributed by atoms with Crippen molar-refractivity contribution in [3.63, 3.8) is 0 Å². The van der Waals surface area contributed by atoms with E-state index in [0.29, 0.717) is 43.2 Å². The molecular formula is C25H27FN4O7. The lowest BCUT2D eigenvalue weighted by molar-refractivity contribution is -0.131. The number of cyclic esters (lactones) is 1. The van der Waals surface area contributed by atoms with Gasteiger partial charge in [-0.25, -0.2) is 14.7 Å². The summed E-state index contributed by atoms with van der Waals surface area (Å²) < 4.78 is 25.5. The molecule has 0 radical (unpaired) electrons. The van der Waals surface area contributed by atoms with Crippen LogP contribution in [0.25, 0.3) is 6.08 Å². The molecule has 3 amide bonds. The fourth-order valence-corrected chi connectivity index (χ4v) is 4.00. The second-order valence-corrected chi connectivity index (χ2v) is 8.38. The number of halogens is 1. The van der Waals surface area contributed by atoms with E-state index < -0.39 is 30.0 Å². The van der Waals surface area contributed by atoms with Crippen LogP contribution in [-0.4, -0.2) is 81.1 Å². The molecule has 37 heavy (non-hydrogen) atoms. The number of hydroxylamine groups is 1. The van der Waals surface area contributed by atoms with Crippen LogP contribution in [-0.2, 0) is 19.1 Å². The number of phenols is 1. The molecule has 2 fully saturated rings. The van der Waals surface area contributed by atoms with Gasteiger partial charge in [0.25, 0.3) is 5.91 Å². The number of ether oxygens (including phenoxy) is 2. The molecule has 0 saturated carbocycles. The maximum atomic E-state index is 14.8. The molecule has 1 atom stereocenters. The molecule has 12 heteroatoms. The van der Waals surface area contributed by atoms with E-state index in [-0.39, 0.29) is 17.9 Å². The number of nitrogens with one attached hydrogen (secondary N) is 1. The van der Waals surface area contributed by atoms with E-state index in [0.717, 1.165) is 0 Å². The first-order valence-corrected chi connectivity index (χ1v) is 11.5. The van der Waals surface area contributed by atoms with Gasteiger partial charge in [0.2, 0.25) is 5.91 Å². The van der Waals surface area contributed by atoms with Gasteiger partial charge in [0, 0.05) is 26.2 Å². The maximum absolute atomic E-state index is 14.8. The number of carbonyl (C=O) groups excluding carboxylic acids is 3. The van der Waals surface area contributed by atoms with Gasteiger partial charge < -0.3 is 24.4 Å². The van der Waals surface area contributed by atoms with Crippen molar-refractivity contribution >= 4 is 35.4 Å². The zero-order valence-electron chi connectivity index (χ0n) is 20.3. The molecule has 2 heterocycles. The SMILES string of the molecule is CONC(=O)c1ccc(C=CC(=O)N(C)C2CN(c3ccc(N4CCOCC4)c(F)c3)C(=O)O2)cc1O. The molecule has 0 aliphatic carbocycles. The van der Waals surface area contributed by atoms with Crippen molar-refractivity contribution < 1.29 is 38.2 Å². The highest BCUT2D eigenvalue weighted by Gasteiger charge is 2.36. The lowest BCUT2D eigenvalue weighted by Crippen LogP contribution is -2.39. The third kappa shape index (κ3) is 5.81. The topological polar surface area (TPSA) is 121 Å². The summed E-state index contributed by atoms with van der Waals surface area (Å²) in [7, 11) is 2.75. The Labute approximate surface area is 212 Å². The average molecular weight is 515 g/mol. The van der Waals surface area contributed by atoms with Crippen molar-refractivity contribution in [2.75, 3.05) is 56.8 Å². The molecular weight excluding hydrogens is 487 g/mol. The molecule has 4 rings (SSSR count). The first kappa shape index (κ1) is 25.9. The Hall–Kier alpha value is -4.16. The van der Waals surface area contributed by atoms with Crippen molar-refractivity contribution in [1.29, 1.82) is 0 Å². The predicted molar refractivity (Wildman–Crippen MR) is 131 cm³/mol. The number of anilines is 2. The first-order valence-electron chi connectivity index (χ1n) is 11.5. The van der Waals surface area contributed by atoms with Crippen LogP contribution in [0.5, 0.6) is 5.75 Å². The summed E-state index contributed by atoms with van der Waals surface area (Å²) in [6.07, 6.45) is 1.11. The summed E-state index contributed by atoms with van der Waals surface area (Å²) in [5.41, 5.74) is 3.35. The average Bonchev–Trinajstić information content (AvgIpc) is 3.28. The van der Waals surface area contributed by atoms with Gasteiger partial charge in [-0.1, -0.05) is 6.07 Å². The minimum atomic E-state index is -0.889. The van der Waals surface area contributed by atoms with Crippen LogP contribution in [0.15, 0.2) is 42.5 Å². The quantitative estimate of drug-likeness (QED) is 0.426. The number of hydrogen-bond acceptors (Lipinski definition) is 8. The van der Waals surface area contributed by atoms with E-state index in [1.807, 2.05) is 4.90 Å². The molecule has 2 saturated heterocycles. The molecule has 196 valence electrons. The van der Waals surface area contributed by atoms with E-state index in [1.54, 1.807) is 18.2 Å². The van der Waals surface area contributed by atoms with E-state index >= 15 is 0 Å². The van der Waals surface area contributed by atoms with Crippen molar-refractivity contribution in [3.8, 4) is 5.75 Å². The van der Waals surface area contributed by atoms with Gasteiger partial charge in [-0.05, 0) is 42.0 Å². The smallest absolute Gasteiger partial charge is 0.416 e. The third-order valence-corrected chi connectivity index (χ3v) is 6.05. The number of benzene rings is 2. The molecule has 0 bridgehead atoms. The molecule has 0 spiro atoms. The molecule has 11 nitrogen and oxygen atoms in total. The number of aromatic hydroxyl groups is 1. The number of carbonyl (C=O) groups is 3. The first-order chi connectivity index (χ1) is 17.8. The van der Waals surface area contributed by atoms with Crippen LogP contribution in [0.4, 0.5) is 20.6 Å².